The summed E-state index contributed by atoms with van der Waals surface area (Å²) in [6, 6.07) is 70.9. The van der Waals surface area contributed by atoms with Crippen LogP contribution >= 0.6 is 0 Å². The minimum atomic E-state index is -1.23. The minimum absolute atomic E-state index is 0.00117. The van der Waals surface area contributed by atoms with Gasteiger partial charge < -0.3 is 41.3 Å². The number of fused-ring (bicyclic) bond motifs is 4. The Bertz CT molecular complexity index is 3450. The molecule has 3 atom stereocenters. The summed E-state index contributed by atoms with van der Waals surface area (Å²) in [5, 5.41) is 17.9. The second-order valence-electron chi connectivity index (χ2n) is 18.9. The number of carbonyl (C=O) groups excluding carboxylic acids is 2. The number of nitrogens with two attached hydrogens (primary N) is 2. The van der Waals surface area contributed by atoms with Crippen molar-refractivity contribution >= 4 is 40.0 Å². The first-order valence-corrected chi connectivity index (χ1v) is 25.5. The number of hydrogen-bond donors (Lipinski definition) is 7. The van der Waals surface area contributed by atoms with Gasteiger partial charge in [0.05, 0.1) is 12.1 Å². The van der Waals surface area contributed by atoms with Gasteiger partial charge in [-0.3, -0.25) is 19.7 Å². The zero-order valence-electron chi connectivity index (χ0n) is 43.0. The Labute approximate surface area is 449 Å². The molecule has 11 rings (SSSR count). The zero-order valence-corrected chi connectivity index (χ0v) is 43.0. The van der Waals surface area contributed by atoms with Gasteiger partial charge in [-0.25, -0.2) is 0 Å². The van der Waals surface area contributed by atoms with Gasteiger partial charge in [0.15, 0.2) is 0 Å². The number of carboxylic acid groups (broad SMARTS) is 1. The van der Waals surface area contributed by atoms with Gasteiger partial charge in [0.2, 0.25) is 5.91 Å². The van der Waals surface area contributed by atoms with Gasteiger partial charge in [0.25, 0.3) is 0 Å². The van der Waals surface area contributed by atoms with Gasteiger partial charge in [-0.15, -0.1) is 0 Å². The van der Waals surface area contributed by atoms with Crippen molar-refractivity contribution in [1.29, 1.82) is 0 Å². The van der Waals surface area contributed by atoms with Crippen LogP contribution < -0.4 is 31.6 Å². The van der Waals surface area contributed by atoms with E-state index in [0.717, 1.165) is 62.0 Å². The maximum atomic E-state index is 13.3. The maximum Gasteiger partial charge on any atom is 0.323 e. The largest absolute Gasteiger partial charge is 0.489 e. The molecule has 1 aliphatic heterocycles. The molecule has 0 radical (unpaired) electrons. The Balaban J connectivity index is 0.000000161. The molecular formula is C65H64N6O6. The molecule has 0 bridgehead atoms. The van der Waals surface area contributed by atoms with Crippen LogP contribution in [0.2, 0.25) is 0 Å². The highest BCUT2D eigenvalue weighted by atomic mass is 16.5. The van der Waals surface area contributed by atoms with Crippen LogP contribution in [0.3, 0.4) is 0 Å². The van der Waals surface area contributed by atoms with Crippen LogP contribution in [0.5, 0.6) is 11.5 Å². The fourth-order valence-corrected chi connectivity index (χ4v) is 8.88. The van der Waals surface area contributed by atoms with Crippen LogP contribution in [0.25, 0.3) is 21.8 Å². The van der Waals surface area contributed by atoms with E-state index in [1.165, 1.54) is 23.4 Å². The molecular weight excluding hydrogens is 961 g/mol. The van der Waals surface area contributed by atoms with Crippen molar-refractivity contribution in [3.8, 4) is 11.5 Å². The molecule has 0 saturated carbocycles. The highest BCUT2D eigenvalue weighted by Crippen LogP contribution is 2.36. The second kappa shape index (κ2) is 26.9. The predicted molar refractivity (Wildman–Crippen MR) is 305 cm³/mol. The number of carbonyl (C=O) groups is 3. The lowest BCUT2D eigenvalue weighted by Gasteiger charge is -2.31. The van der Waals surface area contributed by atoms with E-state index in [4.69, 9.17) is 26.0 Å². The number of H-pyrrole nitrogens is 2. The van der Waals surface area contributed by atoms with E-state index in [1.54, 1.807) is 12.1 Å². The van der Waals surface area contributed by atoms with Gasteiger partial charge >= 0.3 is 5.97 Å². The molecule has 12 heteroatoms. The van der Waals surface area contributed by atoms with Crippen molar-refractivity contribution in [2.24, 2.45) is 11.5 Å². The summed E-state index contributed by atoms with van der Waals surface area (Å²) in [7, 11) is 0. The summed E-state index contributed by atoms with van der Waals surface area (Å²) in [4.78, 5) is 41.6. The summed E-state index contributed by atoms with van der Waals surface area (Å²) in [6.45, 7) is 3.69. The Morgan fingerprint density at radius 3 is 1.77 bits per heavy atom. The van der Waals surface area contributed by atoms with E-state index in [-0.39, 0.29) is 18.0 Å². The third-order valence-corrected chi connectivity index (χ3v) is 13.0. The molecule has 10 aromatic rings. The van der Waals surface area contributed by atoms with Crippen molar-refractivity contribution in [3.05, 3.63) is 275 Å². The van der Waals surface area contributed by atoms with Gasteiger partial charge in [-0.05, 0) is 88.7 Å². The quantitative estimate of drug-likeness (QED) is 0.0489. The molecule has 2 unspecified atom stereocenters. The molecule has 2 aromatic heterocycles. The number of carboxylic acids is 1. The molecule has 0 spiro atoms. The zero-order chi connectivity index (χ0) is 53.8. The normalized spacial score (nSPS) is 14.1. The first kappa shape index (κ1) is 54.2. The van der Waals surface area contributed by atoms with Crippen LogP contribution in [-0.4, -0.2) is 44.8 Å². The fourth-order valence-electron chi connectivity index (χ4n) is 8.88. The minimum Gasteiger partial charge on any atom is -0.489 e. The maximum absolute atomic E-state index is 13.3. The van der Waals surface area contributed by atoms with Crippen LogP contribution in [0, 0.1) is 0 Å². The van der Waals surface area contributed by atoms with Crippen LogP contribution in [0.1, 0.15) is 68.0 Å². The Morgan fingerprint density at radius 2 is 1.18 bits per heavy atom. The molecule has 0 saturated heterocycles. The van der Waals surface area contributed by atoms with Gasteiger partial charge in [0.1, 0.15) is 36.5 Å². The molecule has 1 amide bonds. The first-order chi connectivity index (χ1) is 37.6. The first-order valence-electron chi connectivity index (χ1n) is 25.5. The number of amides is 1. The number of ether oxygens (including phenoxy) is 2. The lowest BCUT2D eigenvalue weighted by Crippen LogP contribution is -2.49. The van der Waals surface area contributed by atoms with Crippen LogP contribution in [0.15, 0.2) is 225 Å². The average molecular weight is 1030 g/mol. The molecule has 0 aliphatic carbocycles. The lowest BCUT2D eigenvalue weighted by atomic mass is 9.90. The number of para-hydroxylation sites is 2. The smallest absolute Gasteiger partial charge is 0.323 e. The van der Waals surface area contributed by atoms with Crippen molar-refractivity contribution in [3.63, 3.8) is 0 Å². The van der Waals surface area contributed by atoms with E-state index >= 15 is 0 Å². The van der Waals surface area contributed by atoms with Gasteiger partial charge in [0, 0.05) is 58.8 Å². The van der Waals surface area contributed by atoms with Gasteiger partial charge in [-0.2, -0.15) is 0 Å². The number of hydrogen-bond acceptors (Lipinski definition) is 8. The summed E-state index contributed by atoms with van der Waals surface area (Å²) >= 11 is 0. The molecule has 12 nitrogen and oxygen atoms in total. The summed E-state index contributed by atoms with van der Waals surface area (Å²) in [5.41, 5.74) is 21.3. The van der Waals surface area contributed by atoms with E-state index in [9.17, 15) is 14.4 Å². The molecule has 8 aromatic carbocycles. The van der Waals surface area contributed by atoms with Crippen molar-refractivity contribution < 1.29 is 29.0 Å². The third-order valence-electron chi connectivity index (χ3n) is 13.0. The van der Waals surface area contributed by atoms with Crippen molar-refractivity contribution in [2.75, 3.05) is 0 Å². The van der Waals surface area contributed by atoms with Crippen LogP contribution in [0.4, 0.5) is 0 Å². The van der Waals surface area contributed by atoms with Crippen molar-refractivity contribution in [1.82, 2.24) is 20.6 Å². The summed E-state index contributed by atoms with van der Waals surface area (Å²) in [5.74, 6) is 0.531. The monoisotopic (exact) mass is 1020 g/mol. The summed E-state index contributed by atoms with van der Waals surface area (Å²) < 4.78 is 11.7. The second-order valence-corrected chi connectivity index (χ2v) is 18.9. The number of aliphatic carboxylic acids is 1. The van der Waals surface area contributed by atoms with E-state index in [2.05, 4.69) is 63.1 Å². The summed E-state index contributed by atoms with van der Waals surface area (Å²) in [6.07, 6.45) is 3.57. The average Bonchev–Trinajstić information content (AvgIpc) is 4.08. The number of aldehydes is 1. The van der Waals surface area contributed by atoms with Gasteiger partial charge in [-0.1, -0.05) is 182 Å². The molecule has 77 heavy (non-hydrogen) atoms. The number of rotatable bonds is 15. The Kier molecular flexibility index (Phi) is 19.0. The van der Waals surface area contributed by atoms with Crippen LogP contribution in [-0.2, 0) is 48.7 Å². The molecule has 390 valence electrons. The Morgan fingerprint density at radius 1 is 0.649 bits per heavy atom. The third kappa shape index (κ3) is 15.3. The number of aromatic amines is 2. The number of benzene rings is 8. The SMILES string of the molecule is C[C@](N)(Cc1c[nH]c2ccccc12)C(=O)O.NCc1ccccc1.O=C(NCc1ccccc1)C1Cc2c([nH]c3ccccc23)C(c2cccc(OCc3ccccc3)c2)N1.O=Cc1cccc(OCc2ccccc2)c1. The number of nitrogens with one attached hydrogen (secondary N) is 4. The molecule has 9 N–H and O–H groups in total. The van der Waals surface area contributed by atoms with Crippen molar-refractivity contribution in [2.45, 2.75) is 63.7 Å². The van der Waals surface area contributed by atoms with E-state index < -0.39 is 11.5 Å². The standard InChI is InChI=1S/C32H29N3O2.C14H12O2.C12H14N2O2.C7H9N/c36-32(33-20-22-10-3-1-4-11-22)29-19-27-26-16-7-8-17-28(26)34-31(27)30(35-29)24-14-9-15-25(18-24)37-21-23-12-5-2-6-13-23;15-10-13-7-4-8-14(9-13)16-11-12-5-2-1-3-6-12;1-12(13,11(15)16)6-8-7-14-10-5-3-2-4-9(8)10;8-6-7-4-2-1-3-5-7/h1-18,29-30,34-35H,19-21H2,(H,33,36);1-10H,11H2;2-5,7,14H,6,13H2,1H3,(H,15,16);1-5H,6,8H2/t;;12-;/m..0./s1. The fraction of sp³-hybridized carbons (Fsp3) is 0.154. The molecule has 1 aliphatic rings. The molecule has 0 fully saturated rings. The molecule has 3 heterocycles. The number of aromatic nitrogens is 2. The van der Waals surface area contributed by atoms with E-state index in [0.29, 0.717) is 50.5 Å². The predicted octanol–water partition coefficient (Wildman–Crippen LogP) is 11.4. The van der Waals surface area contributed by atoms with E-state index in [1.807, 2.05) is 170 Å². The topological polar surface area (TPSA) is 198 Å². The highest BCUT2D eigenvalue weighted by Gasteiger charge is 2.34. The lowest BCUT2D eigenvalue weighted by molar-refractivity contribution is -0.142. The Hall–Kier alpha value is -9.07. The highest BCUT2D eigenvalue weighted by molar-refractivity contribution is 5.89.